The Morgan fingerprint density at radius 1 is 1.30 bits per heavy atom. The molecule has 104 valence electrons. The van der Waals surface area contributed by atoms with E-state index in [4.69, 9.17) is 16.3 Å². The first-order valence-electron chi connectivity index (χ1n) is 6.47. The number of ether oxygens (including phenoxy) is 1. The summed E-state index contributed by atoms with van der Waals surface area (Å²) in [7, 11) is 1.66. The van der Waals surface area contributed by atoms with Gasteiger partial charge in [-0.15, -0.1) is 0 Å². The molecule has 2 aromatic carbocycles. The minimum absolute atomic E-state index is 0.0718. The van der Waals surface area contributed by atoms with Crippen molar-refractivity contribution in [2.45, 2.75) is 19.4 Å². The minimum atomic E-state index is -0.291. The van der Waals surface area contributed by atoms with Crippen LogP contribution in [0.5, 0.6) is 5.75 Å². The summed E-state index contributed by atoms with van der Waals surface area (Å²) in [6.45, 7) is 2.00. The van der Waals surface area contributed by atoms with Crippen molar-refractivity contribution in [2.24, 2.45) is 0 Å². The summed E-state index contributed by atoms with van der Waals surface area (Å²) in [5.41, 5.74) is 3.68. The van der Waals surface area contributed by atoms with Crippen LogP contribution in [0.2, 0.25) is 5.02 Å². The Labute approximate surface area is 122 Å². The fraction of sp³-hybridized carbons (Fsp3) is 0.250. The molecule has 0 fully saturated rings. The summed E-state index contributed by atoms with van der Waals surface area (Å²) in [6.07, 6.45) is 0.735. The molecule has 4 heteroatoms. The zero-order chi connectivity index (χ0) is 14.3. The lowest BCUT2D eigenvalue weighted by molar-refractivity contribution is 0.411. The van der Waals surface area contributed by atoms with Gasteiger partial charge >= 0.3 is 0 Å². The second-order valence-electron chi connectivity index (χ2n) is 5.05. The first kappa shape index (κ1) is 13.3. The molecular weight excluding hydrogens is 277 g/mol. The minimum Gasteiger partial charge on any atom is -0.496 e. The topological polar surface area (TPSA) is 21.3 Å². The van der Waals surface area contributed by atoms with Crippen LogP contribution in [-0.2, 0) is 6.42 Å². The number of hydrogen-bond donors (Lipinski definition) is 1. The number of hydrogen-bond acceptors (Lipinski definition) is 2. The summed E-state index contributed by atoms with van der Waals surface area (Å²) in [6, 6.07) is 9.26. The molecular formula is C16H15ClFNO. The number of methoxy groups -OCH3 is 1. The second-order valence-corrected chi connectivity index (χ2v) is 5.49. The van der Waals surface area contributed by atoms with E-state index in [1.165, 1.54) is 6.07 Å². The van der Waals surface area contributed by atoms with Gasteiger partial charge in [0.25, 0.3) is 0 Å². The van der Waals surface area contributed by atoms with Crippen LogP contribution in [0.15, 0.2) is 30.3 Å². The van der Waals surface area contributed by atoms with Gasteiger partial charge in [0, 0.05) is 5.02 Å². The first-order valence-corrected chi connectivity index (χ1v) is 6.85. The maximum Gasteiger partial charge on any atom is 0.148 e. The second kappa shape index (κ2) is 4.98. The van der Waals surface area contributed by atoms with Gasteiger partial charge in [-0.3, -0.25) is 0 Å². The van der Waals surface area contributed by atoms with E-state index >= 15 is 0 Å². The molecule has 0 bridgehead atoms. The zero-order valence-corrected chi connectivity index (χ0v) is 12.1. The Morgan fingerprint density at radius 3 is 2.80 bits per heavy atom. The number of anilines is 1. The molecule has 0 aliphatic carbocycles. The molecule has 0 aromatic heterocycles. The lowest BCUT2D eigenvalue weighted by Gasteiger charge is -2.14. The third-order valence-electron chi connectivity index (χ3n) is 3.70. The number of rotatable bonds is 2. The summed E-state index contributed by atoms with van der Waals surface area (Å²) < 4.78 is 19.1. The Morgan fingerprint density at radius 2 is 2.10 bits per heavy atom. The van der Waals surface area contributed by atoms with Crippen molar-refractivity contribution in [1.82, 2.24) is 0 Å². The van der Waals surface area contributed by atoms with Crippen LogP contribution in [0.1, 0.15) is 22.7 Å². The maximum absolute atomic E-state index is 13.9. The van der Waals surface area contributed by atoms with E-state index in [9.17, 15) is 4.39 Å². The lowest BCUT2D eigenvalue weighted by atomic mass is 10.0. The lowest BCUT2D eigenvalue weighted by Crippen LogP contribution is -2.06. The van der Waals surface area contributed by atoms with Gasteiger partial charge in [0.15, 0.2) is 0 Å². The quantitative estimate of drug-likeness (QED) is 0.879. The molecule has 0 saturated carbocycles. The van der Waals surface area contributed by atoms with E-state index in [-0.39, 0.29) is 11.9 Å². The van der Waals surface area contributed by atoms with Crippen LogP contribution in [0, 0.1) is 12.7 Å². The molecule has 1 aliphatic heterocycles. The Bertz CT molecular complexity index is 672. The van der Waals surface area contributed by atoms with Crippen molar-refractivity contribution in [1.29, 1.82) is 0 Å². The number of fused-ring (bicyclic) bond motifs is 1. The molecule has 0 amide bonds. The van der Waals surface area contributed by atoms with Gasteiger partial charge in [-0.25, -0.2) is 4.39 Å². The summed E-state index contributed by atoms with van der Waals surface area (Å²) in [5, 5.41) is 3.68. The highest BCUT2D eigenvalue weighted by molar-refractivity contribution is 6.30. The fourth-order valence-corrected chi connectivity index (χ4v) is 2.94. The first-order chi connectivity index (χ1) is 9.58. The molecule has 3 rings (SSSR count). The van der Waals surface area contributed by atoms with Crippen LogP contribution >= 0.6 is 11.6 Å². The number of halogens is 2. The molecule has 0 saturated heterocycles. The molecule has 0 radical (unpaired) electrons. The SMILES string of the molecule is COc1ccc(C2Cc3cc(Cl)cc(F)c3N2)cc1C. The van der Waals surface area contributed by atoms with Gasteiger partial charge in [0.1, 0.15) is 11.6 Å². The van der Waals surface area contributed by atoms with E-state index in [0.717, 1.165) is 28.9 Å². The number of aryl methyl sites for hydroxylation is 1. The normalized spacial score (nSPS) is 16.7. The largest absolute Gasteiger partial charge is 0.496 e. The van der Waals surface area contributed by atoms with Crippen molar-refractivity contribution in [3.63, 3.8) is 0 Å². The van der Waals surface area contributed by atoms with Crippen molar-refractivity contribution >= 4 is 17.3 Å². The highest BCUT2D eigenvalue weighted by Gasteiger charge is 2.25. The molecule has 0 spiro atoms. The van der Waals surface area contributed by atoms with Crippen LogP contribution in [0.3, 0.4) is 0 Å². The van der Waals surface area contributed by atoms with Crippen LogP contribution < -0.4 is 10.1 Å². The van der Waals surface area contributed by atoms with E-state index in [1.807, 2.05) is 25.1 Å². The highest BCUT2D eigenvalue weighted by Crippen LogP contribution is 2.38. The predicted octanol–water partition coefficient (Wildman–Crippen LogP) is 4.51. The maximum atomic E-state index is 13.9. The molecule has 2 aromatic rings. The molecule has 1 atom stereocenters. The van der Waals surface area contributed by atoms with Crippen molar-refractivity contribution in [3.05, 3.63) is 57.9 Å². The number of nitrogens with one attached hydrogen (secondary N) is 1. The third kappa shape index (κ3) is 2.22. The van der Waals surface area contributed by atoms with Gasteiger partial charge in [0.2, 0.25) is 0 Å². The Kier molecular flexibility index (Phi) is 3.30. The third-order valence-corrected chi connectivity index (χ3v) is 3.92. The summed E-state index contributed by atoms with van der Waals surface area (Å²) in [4.78, 5) is 0. The molecule has 20 heavy (non-hydrogen) atoms. The molecule has 1 aliphatic rings. The smallest absolute Gasteiger partial charge is 0.148 e. The zero-order valence-electron chi connectivity index (χ0n) is 11.3. The monoisotopic (exact) mass is 291 g/mol. The molecule has 2 nitrogen and oxygen atoms in total. The van der Waals surface area contributed by atoms with Crippen LogP contribution in [0.25, 0.3) is 0 Å². The number of benzene rings is 2. The average molecular weight is 292 g/mol. The van der Waals surface area contributed by atoms with Crippen molar-refractivity contribution in [3.8, 4) is 5.75 Å². The van der Waals surface area contributed by atoms with Gasteiger partial charge in [0.05, 0.1) is 18.8 Å². The van der Waals surface area contributed by atoms with E-state index < -0.39 is 0 Å². The van der Waals surface area contributed by atoms with Gasteiger partial charge in [-0.2, -0.15) is 0 Å². The Balaban J connectivity index is 1.92. The Hall–Kier alpha value is -1.74. The van der Waals surface area contributed by atoms with Crippen LogP contribution in [0.4, 0.5) is 10.1 Å². The fourth-order valence-electron chi connectivity index (χ4n) is 2.71. The molecule has 1 unspecified atom stereocenters. The van der Waals surface area contributed by atoms with Gasteiger partial charge in [-0.05, 0) is 48.2 Å². The predicted molar refractivity (Wildman–Crippen MR) is 79.2 cm³/mol. The van der Waals surface area contributed by atoms with Crippen molar-refractivity contribution in [2.75, 3.05) is 12.4 Å². The van der Waals surface area contributed by atoms with E-state index in [1.54, 1.807) is 7.11 Å². The van der Waals surface area contributed by atoms with Gasteiger partial charge < -0.3 is 10.1 Å². The summed E-state index contributed by atoms with van der Waals surface area (Å²) >= 11 is 5.90. The van der Waals surface area contributed by atoms with E-state index in [2.05, 4.69) is 11.4 Å². The standard InChI is InChI=1S/C16H15ClFNO/c1-9-5-10(3-4-15(9)20-2)14-7-11-6-12(17)8-13(18)16(11)19-14/h3-6,8,14,19H,7H2,1-2H3. The molecule has 1 heterocycles. The van der Waals surface area contributed by atoms with Crippen LogP contribution in [-0.4, -0.2) is 7.11 Å². The van der Waals surface area contributed by atoms with Crippen molar-refractivity contribution < 1.29 is 9.13 Å². The average Bonchev–Trinajstić information content (AvgIpc) is 2.82. The highest BCUT2D eigenvalue weighted by atomic mass is 35.5. The van der Waals surface area contributed by atoms with E-state index in [0.29, 0.717) is 10.7 Å². The summed E-state index contributed by atoms with van der Waals surface area (Å²) in [5.74, 6) is 0.568. The van der Waals surface area contributed by atoms with Gasteiger partial charge in [-0.1, -0.05) is 23.7 Å². The molecule has 1 N–H and O–H groups in total.